The maximum absolute atomic E-state index is 11.3. The van der Waals surface area contributed by atoms with Crippen LogP contribution in [0.4, 0.5) is 0 Å². The first kappa shape index (κ1) is 15.0. The first-order chi connectivity index (χ1) is 10.5. The molecule has 0 radical (unpaired) electrons. The maximum atomic E-state index is 11.3. The standard InChI is InChI=1S/C18H22N2O2/c1-12-7-15(18(21)22)11-20(9-12)10-14-8-13(2)19-17-6-4-3-5-16(14)17/h3-6,8,12,15H,7,9-11H2,1-2H3,(H,21,22). The van der Waals surface area contributed by atoms with Gasteiger partial charge in [0.2, 0.25) is 0 Å². The number of carbonyl (C=O) groups is 1. The average molecular weight is 298 g/mol. The monoisotopic (exact) mass is 298 g/mol. The van der Waals surface area contributed by atoms with Crippen molar-refractivity contribution in [2.45, 2.75) is 26.8 Å². The van der Waals surface area contributed by atoms with Crippen LogP contribution in [-0.2, 0) is 11.3 Å². The van der Waals surface area contributed by atoms with Crippen LogP contribution >= 0.6 is 0 Å². The summed E-state index contributed by atoms with van der Waals surface area (Å²) in [6, 6.07) is 10.3. The fraction of sp³-hybridized carbons (Fsp3) is 0.444. The molecule has 4 nitrogen and oxygen atoms in total. The average Bonchev–Trinajstić information content (AvgIpc) is 2.46. The van der Waals surface area contributed by atoms with Gasteiger partial charge in [-0.1, -0.05) is 25.1 Å². The zero-order chi connectivity index (χ0) is 15.7. The van der Waals surface area contributed by atoms with Gasteiger partial charge in [-0.05, 0) is 37.0 Å². The lowest BCUT2D eigenvalue weighted by atomic mass is 9.90. The van der Waals surface area contributed by atoms with E-state index in [4.69, 9.17) is 0 Å². The number of nitrogens with zero attached hydrogens (tertiary/aromatic N) is 2. The molecule has 1 saturated heterocycles. The van der Waals surface area contributed by atoms with Gasteiger partial charge in [0, 0.05) is 30.7 Å². The van der Waals surface area contributed by atoms with Gasteiger partial charge in [0.1, 0.15) is 0 Å². The quantitative estimate of drug-likeness (QED) is 0.946. The van der Waals surface area contributed by atoms with Crippen molar-refractivity contribution in [1.29, 1.82) is 0 Å². The fourth-order valence-corrected chi connectivity index (χ4v) is 3.54. The normalized spacial score (nSPS) is 22.8. The van der Waals surface area contributed by atoms with Crippen LogP contribution in [0.1, 0.15) is 24.6 Å². The SMILES string of the molecule is Cc1cc(CN2CC(C)CC(C(=O)O)C2)c2ccccc2n1. The Morgan fingerprint density at radius 3 is 2.91 bits per heavy atom. The fourth-order valence-electron chi connectivity index (χ4n) is 3.54. The summed E-state index contributed by atoms with van der Waals surface area (Å²) in [5, 5.41) is 10.5. The topological polar surface area (TPSA) is 53.4 Å². The van der Waals surface area contributed by atoms with E-state index in [9.17, 15) is 9.90 Å². The molecule has 2 aromatic rings. The molecular weight excluding hydrogens is 276 g/mol. The molecule has 4 heteroatoms. The number of fused-ring (bicyclic) bond motifs is 1. The highest BCUT2D eigenvalue weighted by Gasteiger charge is 2.29. The molecule has 2 heterocycles. The number of carboxylic acids is 1. The number of carboxylic acid groups (broad SMARTS) is 1. The van der Waals surface area contributed by atoms with Crippen LogP contribution in [0.25, 0.3) is 10.9 Å². The van der Waals surface area contributed by atoms with Gasteiger partial charge in [-0.3, -0.25) is 14.7 Å². The van der Waals surface area contributed by atoms with E-state index < -0.39 is 5.97 Å². The Morgan fingerprint density at radius 1 is 1.36 bits per heavy atom. The highest BCUT2D eigenvalue weighted by Crippen LogP contribution is 2.25. The second-order valence-corrected chi connectivity index (χ2v) is 6.51. The van der Waals surface area contributed by atoms with Crippen molar-refractivity contribution in [2.75, 3.05) is 13.1 Å². The van der Waals surface area contributed by atoms with Crippen molar-refractivity contribution < 1.29 is 9.90 Å². The van der Waals surface area contributed by atoms with Crippen LogP contribution in [0.3, 0.4) is 0 Å². The van der Waals surface area contributed by atoms with Crippen molar-refractivity contribution >= 4 is 16.9 Å². The summed E-state index contributed by atoms with van der Waals surface area (Å²) in [4.78, 5) is 18.2. The summed E-state index contributed by atoms with van der Waals surface area (Å²) in [5.74, 6) is -0.505. The molecule has 3 rings (SSSR count). The molecule has 2 atom stereocenters. The Labute approximate surface area is 130 Å². The molecule has 0 saturated carbocycles. The molecule has 2 unspecified atom stereocenters. The summed E-state index contributed by atoms with van der Waals surface area (Å²) >= 11 is 0. The first-order valence-electron chi connectivity index (χ1n) is 7.83. The molecule has 1 N–H and O–H groups in total. The highest BCUT2D eigenvalue weighted by atomic mass is 16.4. The third-order valence-electron chi connectivity index (χ3n) is 4.41. The predicted molar refractivity (Wildman–Crippen MR) is 86.7 cm³/mol. The lowest BCUT2D eigenvalue weighted by Crippen LogP contribution is -2.42. The molecule has 0 spiro atoms. The molecule has 0 aliphatic carbocycles. The van der Waals surface area contributed by atoms with E-state index >= 15 is 0 Å². The van der Waals surface area contributed by atoms with Crippen LogP contribution in [0.5, 0.6) is 0 Å². The summed E-state index contributed by atoms with van der Waals surface area (Å²) in [6.45, 7) is 6.53. The van der Waals surface area contributed by atoms with E-state index in [0.29, 0.717) is 12.5 Å². The van der Waals surface area contributed by atoms with Crippen molar-refractivity contribution in [3.05, 3.63) is 41.6 Å². The number of aliphatic carboxylic acids is 1. The minimum Gasteiger partial charge on any atom is -0.481 e. The number of benzene rings is 1. The number of piperidine rings is 1. The summed E-state index contributed by atoms with van der Waals surface area (Å²) < 4.78 is 0. The Kier molecular flexibility index (Phi) is 4.12. The second-order valence-electron chi connectivity index (χ2n) is 6.51. The Balaban J connectivity index is 1.88. The van der Waals surface area contributed by atoms with Gasteiger partial charge < -0.3 is 5.11 Å². The summed E-state index contributed by atoms with van der Waals surface area (Å²) in [6.07, 6.45) is 0.780. The number of hydrogen-bond donors (Lipinski definition) is 1. The van der Waals surface area contributed by atoms with E-state index in [1.807, 2.05) is 25.1 Å². The number of likely N-dealkylation sites (tertiary alicyclic amines) is 1. The third kappa shape index (κ3) is 3.12. The van der Waals surface area contributed by atoms with Crippen LogP contribution in [0.2, 0.25) is 0 Å². The van der Waals surface area contributed by atoms with E-state index in [-0.39, 0.29) is 5.92 Å². The molecular formula is C18H22N2O2. The molecule has 1 aromatic heterocycles. The molecule has 1 fully saturated rings. The van der Waals surface area contributed by atoms with Crippen molar-refractivity contribution in [2.24, 2.45) is 11.8 Å². The predicted octanol–water partition coefficient (Wildman–Crippen LogP) is 3.09. The van der Waals surface area contributed by atoms with E-state index in [1.54, 1.807) is 0 Å². The number of pyridine rings is 1. The van der Waals surface area contributed by atoms with Crippen LogP contribution < -0.4 is 0 Å². The van der Waals surface area contributed by atoms with Gasteiger partial charge in [0.25, 0.3) is 0 Å². The molecule has 0 bridgehead atoms. The molecule has 116 valence electrons. The van der Waals surface area contributed by atoms with E-state index in [0.717, 1.165) is 30.7 Å². The van der Waals surface area contributed by atoms with Gasteiger partial charge in [-0.25, -0.2) is 0 Å². The van der Waals surface area contributed by atoms with E-state index in [2.05, 4.69) is 28.9 Å². The molecule has 1 aromatic carbocycles. The largest absolute Gasteiger partial charge is 0.481 e. The van der Waals surface area contributed by atoms with Crippen LogP contribution in [0.15, 0.2) is 30.3 Å². The Hall–Kier alpha value is -1.94. The number of rotatable bonds is 3. The molecule has 22 heavy (non-hydrogen) atoms. The molecule has 1 aliphatic heterocycles. The van der Waals surface area contributed by atoms with Gasteiger partial charge in [-0.2, -0.15) is 0 Å². The highest BCUT2D eigenvalue weighted by molar-refractivity contribution is 5.82. The maximum Gasteiger partial charge on any atom is 0.307 e. The zero-order valence-corrected chi connectivity index (χ0v) is 13.1. The van der Waals surface area contributed by atoms with Crippen molar-refractivity contribution in [3.63, 3.8) is 0 Å². The zero-order valence-electron chi connectivity index (χ0n) is 13.1. The Bertz CT molecular complexity index is 699. The van der Waals surface area contributed by atoms with E-state index in [1.165, 1.54) is 10.9 Å². The lowest BCUT2D eigenvalue weighted by molar-refractivity contribution is -0.144. The van der Waals surface area contributed by atoms with Gasteiger partial charge >= 0.3 is 5.97 Å². The van der Waals surface area contributed by atoms with Crippen LogP contribution in [-0.4, -0.2) is 34.0 Å². The van der Waals surface area contributed by atoms with Crippen LogP contribution in [0, 0.1) is 18.8 Å². The number of para-hydroxylation sites is 1. The minimum absolute atomic E-state index is 0.252. The second kappa shape index (κ2) is 6.05. The van der Waals surface area contributed by atoms with Crippen molar-refractivity contribution in [3.8, 4) is 0 Å². The summed E-state index contributed by atoms with van der Waals surface area (Å²) in [7, 11) is 0. The molecule has 0 amide bonds. The molecule has 1 aliphatic rings. The third-order valence-corrected chi connectivity index (χ3v) is 4.41. The van der Waals surface area contributed by atoms with Gasteiger partial charge in [0.15, 0.2) is 0 Å². The summed E-state index contributed by atoms with van der Waals surface area (Å²) in [5.41, 5.74) is 3.26. The minimum atomic E-state index is -0.674. The van der Waals surface area contributed by atoms with Gasteiger partial charge in [-0.15, -0.1) is 0 Å². The number of aryl methyl sites for hydroxylation is 1. The van der Waals surface area contributed by atoms with Gasteiger partial charge in [0.05, 0.1) is 11.4 Å². The lowest BCUT2D eigenvalue weighted by Gasteiger charge is -2.34. The smallest absolute Gasteiger partial charge is 0.307 e. The number of aromatic nitrogens is 1. The Morgan fingerprint density at radius 2 is 2.14 bits per heavy atom. The first-order valence-corrected chi connectivity index (χ1v) is 7.83. The number of hydrogen-bond acceptors (Lipinski definition) is 3. The van der Waals surface area contributed by atoms with Crippen molar-refractivity contribution in [1.82, 2.24) is 9.88 Å².